The van der Waals surface area contributed by atoms with Crippen LogP contribution in [0.1, 0.15) is 26.5 Å². The quantitative estimate of drug-likeness (QED) is 0.383. The first-order valence-corrected chi connectivity index (χ1v) is 9.49. The van der Waals surface area contributed by atoms with Gasteiger partial charge in [-0.1, -0.05) is 68.2 Å². The fraction of sp³-hybridized carbons (Fsp3) is 0.238. The lowest BCUT2D eigenvalue weighted by Crippen LogP contribution is -2.12. The molecule has 0 aliphatic heterocycles. The van der Waals surface area contributed by atoms with Crippen LogP contribution in [-0.2, 0) is 12.5 Å². The number of nitrogens with zero attached hydrogens (tertiary/aromatic N) is 3. The molecule has 0 radical (unpaired) electrons. The third-order valence-electron chi connectivity index (χ3n) is 4.59. The Morgan fingerprint density at radius 3 is 2.39 bits per heavy atom. The van der Waals surface area contributed by atoms with E-state index in [9.17, 15) is 0 Å². The maximum atomic E-state index is 6.66. The molecule has 2 heterocycles. The number of hydrogen-bond donors (Lipinski definition) is 1. The third-order valence-corrected chi connectivity index (χ3v) is 5.28. The normalized spacial score (nSPS) is 11.6. The predicted molar refractivity (Wildman–Crippen MR) is 120 cm³/mol. The number of aryl methyl sites for hydroxylation is 1. The Bertz CT molecular complexity index is 1150. The molecule has 0 fully saturated rings. The summed E-state index contributed by atoms with van der Waals surface area (Å²) in [6, 6.07) is 13.9. The monoisotopic (exact) mass is 434 g/mol. The first-order chi connectivity index (χ1) is 12.8. The molecule has 2 aromatic carbocycles. The molecule has 0 bridgehead atoms. The zero-order valence-electron chi connectivity index (χ0n) is 16.0. The van der Waals surface area contributed by atoms with Crippen LogP contribution in [0.4, 0.5) is 0 Å². The second-order valence-electron chi connectivity index (χ2n) is 7.68. The van der Waals surface area contributed by atoms with Gasteiger partial charge in [-0.2, -0.15) is 5.10 Å². The fourth-order valence-corrected chi connectivity index (χ4v) is 4.00. The molecule has 0 aliphatic carbocycles. The number of H-pyrrole nitrogens is 1. The molecule has 1 N–H and O–H groups in total. The highest BCUT2D eigenvalue weighted by atomic mass is 35.5. The minimum absolute atomic E-state index is 0. The number of benzene rings is 2. The van der Waals surface area contributed by atoms with Gasteiger partial charge < -0.3 is 4.98 Å². The van der Waals surface area contributed by atoms with Gasteiger partial charge in [0, 0.05) is 23.0 Å². The molecule has 28 heavy (non-hydrogen) atoms. The smallest absolute Gasteiger partial charge is 0.158 e. The highest BCUT2D eigenvalue weighted by Crippen LogP contribution is 2.36. The Labute approximate surface area is 180 Å². The van der Waals surface area contributed by atoms with Crippen LogP contribution < -0.4 is 0 Å². The van der Waals surface area contributed by atoms with Gasteiger partial charge in [0.1, 0.15) is 5.69 Å². The summed E-state index contributed by atoms with van der Waals surface area (Å²) in [5, 5.41) is 5.97. The SMILES string of the molecule is Cl.Cn1nc(C(C)(C)C)c(Cl)c1-c1nc2ccc(-c3ccccc3Cl)cc2[nH]1. The van der Waals surface area contributed by atoms with Gasteiger partial charge in [0.25, 0.3) is 0 Å². The summed E-state index contributed by atoms with van der Waals surface area (Å²) in [6.45, 7) is 6.29. The number of nitrogens with one attached hydrogen (secondary N) is 1. The van der Waals surface area contributed by atoms with Crippen molar-refractivity contribution in [3.8, 4) is 22.6 Å². The van der Waals surface area contributed by atoms with Crippen LogP contribution >= 0.6 is 35.6 Å². The van der Waals surface area contributed by atoms with E-state index in [0.29, 0.717) is 10.8 Å². The van der Waals surface area contributed by atoms with Crippen molar-refractivity contribution in [1.29, 1.82) is 0 Å². The molecule has 0 aliphatic rings. The summed E-state index contributed by atoms with van der Waals surface area (Å²) < 4.78 is 1.79. The van der Waals surface area contributed by atoms with E-state index in [1.807, 2.05) is 43.4 Å². The van der Waals surface area contributed by atoms with E-state index in [0.717, 1.165) is 38.6 Å². The number of imidazole rings is 1. The Balaban J connectivity index is 0.00000225. The molecule has 0 spiro atoms. The third kappa shape index (κ3) is 3.52. The average Bonchev–Trinajstić information content (AvgIpc) is 3.14. The van der Waals surface area contributed by atoms with Gasteiger partial charge in [-0.3, -0.25) is 4.68 Å². The molecule has 4 nitrogen and oxygen atoms in total. The Morgan fingerprint density at radius 2 is 1.75 bits per heavy atom. The number of hydrogen-bond acceptors (Lipinski definition) is 2. The summed E-state index contributed by atoms with van der Waals surface area (Å²) in [7, 11) is 1.89. The van der Waals surface area contributed by atoms with Gasteiger partial charge in [0.15, 0.2) is 5.82 Å². The molecule has 7 heteroatoms. The zero-order valence-corrected chi connectivity index (χ0v) is 18.4. The lowest BCUT2D eigenvalue weighted by molar-refractivity contribution is 0.553. The van der Waals surface area contributed by atoms with Crippen LogP contribution in [0.2, 0.25) is 10.0 Å². The van der Waals surface area contributed by atoms with Crippen LogP contribution in [-0.4, -0.2) is 19.7 Å². The maximum absolute atomic E-state index is 6.66. The molecule has 0 saturated carbocycles. The second kappa shape index (κ2) is 7.43. The van der Waals surface area contributed by atoms with Gasteiger partial charge in [-0.05, 0) is 23.8 Å². The number of halogens is 3. The minimum atomic E-state index is -0.143. The van der Waals surface area contributed by atoms with E-state index < -0.39 is 0 Å². The van der Waals surface area contributed by atoms with Crippen LogP contribution in [0.3, 0.4) is 0 Å². The number of rotatable bonds is 2. The zero-order chi connectivity index (χ0) is 19.3. The van der Waals surface area contributed by atoms with Gasteiger partial charge in [-0.15, -0.1) is 12.4 Å². The van der Waals surface area contributed by atoms with Crippen molar-refractivity contribution in [3.05, 3.63) is 58.2 Å². The van der Waals surface area contributed by atoms with Crippen molar-refractivity contribution >= 4 is 46.6 Å². The summed E-state index contributed by atoms with van der Waals surface area (Å²) in [6.07, 6.45) is 0. The second-order valence-corrected chi connectivity index (χ2v) is 8.47. The molecule has 0 atom stereocenters. The van der Waals surface area contributed by atoms with E-state index in [1.54, 1.807) is 4.68 Å². The van der Waals surface area contributed by atoms with Crippen molar-refractivity contribution in [2.75, 3.05) is 0 Å². The van der Waals surface area contributed by atoms with E-state index in [4.69, 9.17) is 28.2 Å². The molecule has 4 rings (SSSR count). The molecule has 0 saturated heterocycles. The van der Waals surface area contributed by atoms with E-state index in [2.05, 4.69) is 36.9 Å². The highest BCUT2D eigenvalue weighted by Gasteiger charge is 2.26. The van der Waals surface area contributed by atoms with Gasteiger partial charge >= 0.3 is 0 Å². The van der Waals surface area contributed by atoms with Gasteiger partial charge in [-0.25, -0.2) is 4.98 Å². The Hall–Kier alpha value is -2.01. The topological polar surface area (TPSA) is 46.5 Å². The van der Waals surface area contributed by atoms with Crippen LogP contribution in [0, 0.1) is 0 Å². The standard InChI is InChI=1S/C21H20Cl2N4.ClH/c1-21(2,3)19-17(23)18(27(4)26-19)20-24-15-10-9-12(11-16(15)25-20)13-7-5-6-8-14(13)22;/h5-11H,1-4H3,(H,24,25);1H. The van der Waals surface area contributed by atoms with Gasteiger partial charge in [0.05, 0.1) is 21.7 Å². The first-order valence-electron chi connectivity index (χ1n) is 8.73. The van der Waals surface area contributed by atoms with E-state index in [-0.39, 0.29) is 17.8 Å². The minimum Gasteiger partial charge on any atom is -0.337 e. The molecular formula is C21H21Cl3N4. The molecule has 0 amide bonds. The molecule has 2 aromatic heterocycles. The van der Waals surface area contributed by atoms with Crippen molar-refractivity contribution in [3.63, 3.8) is 0 Å². The molecule has 0 unspecified atom stereocenters. The molecular weight excluding hydrogens is 415 g/mol. The summed E-state index contributed by atoms with van der Waals surface area (Å²) in [4.78, 5) is 8.11. The highest BCUT2D eigenvalue weighted by molar-refractivity contribution is 6.34. The number of aromatic amines is 1. The lowest BCUT2D eigenvalue weighted by Gasteiger charge is -2.15. The van der Waals surface area contributed by atoms with Crippen molar-refractivity contribution in [2.24, 2.45) is 7.05 Å². The lowest BCUT2D eigenvalue weighted by atomic mass is 9.92. The van der Waals surface area contributed by atoms with Crippen molar-refractivity contribution in [2.45, 2.75) is 26.2 Å². The summed E-state index contributed by atoms with van der Waals surface area (Å²) in [5.74, 6) is 0.705. The fourth-order valence-electron chi connectivity index (χ4n) is 3.22. The van der Waals surface area contributed by atoms with Crippen molar-refractivity contribution in [1.82, 2.24) is 19.7 Å². The predicted octanol–water partition coefficient (Wildman–Crippen LogP) is 6.66. The maximum Gasteiger partial charge on any atom is 0.158 e. The van der Waals surface area contributed by atoms with E-state index >= 15 is 0 Å². The van der Waals surface area contributed by atoms with Gasteiger partial charge in [0.2, 0.25) is 0 Å². The van der Waals surface area contributed by atoms with E-state index in [1.165, 1.54) is 0 Å². The van der Waals surface area contributed by atoms with Crippen LogP contribution in [0.25, 0.3) is 33.7 Å². The number of fused-ring (bicyclic) bond motifs is 1. The van der Waals surface area contributed by atoms with Crippen molar-refractivity contribution < 1.29 is 0 Å². The Kier molecular flexibility index (Phi) is 5.50. The molecule has 146 valence electrons. The first kappa shape index (κ1) is 20.7. The molecule has 4 aromatic rings. The number of aromatic nitrogens is 4. The Morgan fingerprint density at radius 1 is 1.04 bits per heavy atom. The summed E-state index contributed by atoms with van der Waals surface area (Å²) in [5.41, 5.74) is 5.33. The average molecular weight is 436 g/mol. The van der Waals surface area contributed by atoms with Crippen LogP contribution in [0.15, 0.2) is 42.5 Å². The largest absolute Gasteiger partial charge is 0.337 e. The summed E-state index contributed by atoms with van der Waals surface area (Å²) >= 11 is 13.0. The van der Waals surface area contributed by atoms with Crippen LogP contribution in [0.5, 0.6) is 0 Å².